The number of nitrogens with zero attached hydrogens (tertiary/aromatic N) is 1. The first-order chi connectivity index (χ1) is 9.65. The van der Waals surface area contributed by atoms with Crippen molar-refractivity contribution in [3.8, 4) is 0 Å². The second-order valence-electron chi connectivity index (χ2n) is 3.80. The Bertz CT molecular complexity index is 589. The maximum atomic E-state index is 13.4. The van der Waals surface area contributed by atoms with E-state index in [2.05, 4.69) is 4.98 Å². The van der Waals surface area contributed by atoms with Gasteiger partial charge >= 0.3 is 5.97 Å². The van der Waals surface area contributed by atoms with Crippen molar-refractivity contribution in [3.05, 3.63) is 41.2 Å². The van der Waals surface area contributed by atoms with Crippen molar-refractivity contribution in [1.82, 2.24) is 4.98 Å². The van der Waals surface area contributed by atoms with Crippen LogP contribution in [0.1, 0.15) is 5.69 Å². The lowest BCUT2D eigenvalue weighted by molar-refractivity contribution is -0.136. The molecule has 20 heavy (non-hydrogen) atoms. The molecule has 2 rings (SSSR count). The molecule has 3 nitrogen and oxygen atoms in total. The quantitative estimate of drug-likeness (QED) is 0.618. The van der Waals surface area contributed by atoms with Crippen LogP contribution in [-0.2, 0) is 11.2 Å². The van der Waals surface area contributed by atoms with Crippen molar-refractivity contribution in [3.63, 3.8) is 0 Å². The summed E-state index contributed by atoms with van der Waals surface area (Å²) in [7, 11) is 0. The highest BCUT2D eigenvalue weighted by molar-refractivity contribution is 8.03. The van der Waals surface area contributed by atoms with E-state index in [9.17, 15) is 9.18 Å². The summed E-state index contributed by atoms with van der Waals surface area (Å²) in [5.74, 6) is 0.515. The van der Waals surface area contributed by atoms with E-state index < -0.39 is 5.97 Å². The normalized spacial score (nSPS) is 10.7. The minimum absolute atomic E-state index is 0.0406. The monoisotopic (exact) mass is 329 g/mol. The summed E-state index contributed by atoms with van der Waals surface area (Å²) in [4.78, 5) is 15.4. The first kappa shape index (κ1) is 15.3. The number of carboxylic acids is 1. The van der Waals surface area contributed by atoms with Gasteiger partial charge in [-0.25, -0.2) is 9.37 Å². The number of halogens is 1. The Morgan fingerprint density at radius 2 is 2.05 bits per heavy atom. The van der Waals surface area contributed by atoms with E-state index in [4.69, 9.17) is 5.11 Å². The molecule has 0 unspecified atom stereocenters. The third kappa shape index (κ3) is 4.81. The van der Waals surface area contributed by atoms with Gasteiger partial charge in [-0.1, -0.05) is 23.9 Å². The Labute approximate surface area is 128 Å². The predicted octanol–water partition coefficient (Wildman–Crippen LogP) is 3.79. The highest BCUT2D eigenvalue weighted by Crippen LogP contribution is 2.26. The van der Waals surface area contributed by atoms with E-state index in [1.165, 1.54) is 29.2 Å². The summed E-state index contributed by atoms with van der Waals surface area (Å²) in [6.07, 6.45) is -0.0406. The van der Waals surface area contributed by atoms with E-state index in [1.807, 2.05) is 6.07 Å². The topological polar surface area (TPSA) is 50.2 Å². The number of carboxylic acid groups (broad SMARTS) is 1. The van der Waals surface area contributed by atoms with Gasteiger partial charge < -0.3 is 5.11 Å². The molecule has 0 radical (unpaired) electrons. The number of aliphatic carboxylic acids is 1. The van der Waals surface area contributed by atoms with Gasteiger partial charge in [0.05, 0.1) is 12.1 Å². The van der Waals surface area contributed by atoms with Crippen LogP contribution in [0, 0.1) is 5.82 Å². The molecule has 0 aliphatic carbocycles. The van der Waals surface area contributed by atoms with Gasteiger partial charge in [0.25, 0.3) is 0 Å². The highest BCUT2D eigenvalue weighted by Gasteiger charge is 2.07. The summed E-state index contributed by atoms with van der Waals surface area (Å²) in [5.41, 5.74) is 0.590. The number of hydrogen-bond acceptors (Lipinski definition) is 5. The number of thiazole rings is 1. The molecule has 1 N–H and O–H groups in total. The van der Waals surface area contributed by atoms with Crippen LogP contribution in [0.3, 0.4) is 0 Å². The van der Waals surface area contributed by atoms with Gasteiger partial charge in [-0.3, -0.25) is 4.79 Å². The Hall–Kier alpha value is -1.05. The van der Waals surface area contributed by atoms with E-state index >= 15 is 0 Å². The molecule has 0 bridgehead atoms. The van der Waals surface area contributed by atoms with Crippen molar-refractivity contribution in [2.75, 3.05) is 11.5 Å². The lowest BCUT2D eigenvalue weighted by Gasteiger charge is -2.01. The third-order valence-electron chi connectivity index (χ3n) is 2.27. The molecule has 0 aliphatic rings. The van der Waals surface area contributed by atoms with Gasteiger partial charge in [0.15, 0.2) is 0 Å². The zero-order chi connectivity index (χ0) is 14.4. The van der Waals surface area contributed by atoms with Gasteiger partial charge in [-0.2, -0.15) is 0 Å². The van der Waals surface area contributed by atoms with Gasteiger partial charge in [-0.15, -0.1) is 23.1 Å². The van der Waals surface area contributed by atoms with Crippen molar-refractivity contribution >= 4 is 40.8 Å². The van der Waals surface area contributed by atoms with Crippen LogP contribution in [-0.4, -0.2) is 27.6 Å². The Morgan fingerprint density at radius 1 is 1.30 bits per heavy atom. The molecule has 2 aromatic rings. The van der Waals surface area contributed by atoms with Gasteiger partial charge in [0.1, 0.15) is 10.2 Å². The number of carbonyl (C=O) groups is 1. The summed E-state index contributed by atoms with van der Waals surface area (Å²) < 4.78 is 14.2. The van der Waals surface area contributed by atoms with Gasteiger partial charge in [0, 0.05) is 21.8 Å². The zero-order valence-corrected chi connectivity index (χ0v) is 12.9. The Balaban J connectivity index is 1.75. The number of aromatic nitrogens is 1. The van der Waals surface area contributed by atoms with Crippen LogP contribution in [0.2, 0.25) is 0 Å². The average Bonchev–Trinajstić information content (AvgIpc) is 2.83. The van der Waals surface area contributed by atoms with E-state index in [0.29, 0.717) is 10.6 Å². The molecule has 1 aromatic heterocycles. The van der Waals surface area contributed by atoms with E-state index in [1.54, 1.807) is 29.3 Å². The smallest absolute Gasteiger partial charge is 0.309 e. The van der Waals surface area contributed by atoms with Crippen LogP contribution >= 0.6 is 34.9 Å². The molecule has 0 fully saturated rings. The maximum absolute atomic E-state index is 13.4. The zero-order valence-electron chi connectivity index (χ0n) is 10.4. The molecular formula is C13H12FNO2S3. The van der Waals surface area contributed by atoms with Crippen LogP contribution in [0.4, 0.5) is 4.39 Å². The molecule has 0 aliphatic heterocycles. The second kappa shape index (κ2) is 7.66. The first-order valence-electron chi connectivity index (χ1n) is 5.81. The third-order valence-corrected chi connectivity index (χ3v) is 5.65. The van der Waals surface area contributed by atoms with Crippen molar-refractivity contribution in [2.24, 2.45) is 0 Å². The molecule has 0 saturated carbocycles. The fourth-order valence-corrected chi connectivity index (χ4v) is 4.27. The largest absolute Gasteiger partial charge is 0.481 e. The minimum Gasteiger partial charge on any atom is -0.481 e. The lowest BCUT2D eigenvalue weighted by atomic mass is 10.3. The van der Waals surface area contributed by atoms with Crippen molar-refractivity contribution in [1.29, 1.82) is 0 Å². The molecule has 0 amide bonds. The lowest BCUT2D eigenvalue weighted by Crippen LogP contribution is -1.99. The summed E-state index contributed by atoms with van der Waals surface area (Å²) in [6.45, 7) is 0. The summed E-state index contributed by atoms with van der Waals surface area (Å²) in [5, 5.41) is 10.4. The van der Waals surface area contributed by atoms with Crippen LogP contribution in [0.5, 0.6) is 0 Å². The van der Waals surface area contributed by atoms with Crippen molar-refractivity contribution < 1.29 is 14.3 Å². The van der Waals surface area contributed by atoms with Crippen LogP contribution in [0.15, 0.2) is 38.9 Å². The molecule has 0 spiro atoms. The number of thioether (sulfide) groups is 2. The van der Waals surface area contributed by atoms with E-state index in [0.717, 1.165) is 15.8 Å². The predicted molar refractivity (Wildman–Crippen MR) is 81.3 cm³/mol. The highest BCUT2D eigenvalue weighted by atomic mass is 32.2. The average molecular weight is 329 g/mol. The first-order valence-corrected chi connectivity index (χ1v) is 8.66. The SMILES string of the molecule is O=C(O)Cc1csc(SCCSc2ccccc2F)n1. The van der Waals surface area contributed by atoms with Crippen molar-refractivity contribution in [2.45, 2.75) is 15.7 Å². The second-order valence-corrected chi connectivity index (χ2v) is 7.14. The number of rotatable bonds is 7. The van der Waals surface area contributed by atoms with Gasteiger partial charge in [-0.05, 0) is 12.1 Å². The fourth-order valence-electron chi connectivity index (χ4n) is 1.43. The summed E-state index contributed by atoms with van der Waals surface area (Å²) >= 11 is 4.48. The Kier molecular flexibility index (Phi) is 5.87. The number of benzene rings is 1. The molecule has 0 atom stereocenters. The molecule has 1 heterocycles. The van der Waals surface area contributed by atoms with E-state index in [-0.39, 0.29) is 12.2 Å². The maximum Gasteiger partial charge on any atom is 0.309 e. The van der Waals surface area contributed by atoms with Crippen LogP contribution < -0.4 is 0 Å². The fraction of sp³-hybridized carbons (Fsp3) is 0.231. The minimum atomic E-state index is -0.873. The van der Waals surface area contributed by atoms with Gasteiger partial charge in [0.2, 0.25) is 0 Å². The molecule has 1 aromatic carbocycles. The molecule has 0 saturated heterocycles. The standard InChI is InChI=1S/C13H12FNO2S3/c14-10-3-1-2-4-11(10)18-5-6-19-13-15-9(8-20-13)7-12(16)17/h1-4,8H,5-7H2,(H,16,17). The molecular weight excluding hydrogens is 317 g/mol. The molecule has 106 valence electrons. The summed E-state index contributed by atoms with van der Waals surface area (Å²) in [6, 6.07) is 6.71. The molecule has 7 heteroatoms. The van der Waals surface area contributed by atoms with Crippen LogP contribution in [0.25, 0.3) is 0 Å². The number of hydrogen-bond donors (Lipinski definition) is 1. The Morgan fingerprint density at radius 3 is 2.80 bits per heavy atom.